The molecule has 1 atom stereocenters. The second-order valence-electron chi connectivity index (χ2n) is 4.25. The van der Waals surface area contributed by atoms with Crippen molar-refractivity contribution in [2.45, 2.75) is 17.9 Å². The van der Waals surface area contributed by atoms with Gasteiger partial charge in [0.15, 0.2) is 0 Å². The second kappa shape index (κ2) is 5.68. The number of hydrogen-bond donors (Lipinski definition) is 2. The molecular formula is C12H17N3O3S. The topological polar surface area (TPSA) is 82.0 Å². The molecule has 7 heteroatoms. The third kappa shape index (κ3) is 2.94. The largest absolute Gasteiger partial charge is 0.390 e. The molecule has 104 valence electrons. The maximum absolute atomic E-state index is 12.3. The van der Waals surface area contributed by atoms with E-state index in [1.54, 1.807) is 18.2 Å². The summed E-state index contributed by atoms with van der Waals surface area (Å²) in [7, 11) is -3.61. The average molecular weight is 283 g/mol. The van der Waals surface area contributed by atoms with Gasteiger partial charge in [-0.25, -0.2) is 13.4 Å². The highest BCUT2D eigenvalue weighted by atomic mass is 32.2. The van der Waals surface area contributed by atoms with Crippen molar-refractivity contribution >= 4 is 22.0 Å². The number of aliphatic imine (C=N–C) groups is 1. The van der Waals surface area contributed by atoms with Crippen LogP contribution in [-0.4, -0.2) is 49.9 Å². The van der Waals surface area contributed by atoms with E-state index in [1.165, 1.54) is 12.4 Å². The first-order chi connectivity index (χ1) is 9.05. The van der Waals surface area contributed by atoms with Crippen molar-refractivity contribution in [2.75, 3.05) is 19.6 Å². The van der Waals surface area contributed by atoms with Crippen LogP contribution in [0.15, 0.2) is 34.2 Å². The van der Waals surface area contributed by atoms with Crippen molar-refractivity contribution in [1.29, 1.82) is 0 Å². The van der Waals surface area contributed by atoms with Gasteiger partial charge in [0.1, 0.15) is 11.2 Å². The van der Waals surface area contributed by atoms with Gasteiger partial charge in [-0.1, -0.05) is 19.1 Å². The van der Waals surface area contributed by atoms with Gasteiger partial charge in [-0.2, -0.15) is 0 Å². The summed E-state index contributed by atoms with van der Waals surface area (Å²) in [5, 5.41) is 12.8. The van der Waals surface area contributed by atoms with E-state index in [-0.39, 0.29) is 11.4 Å². The Balaban J connectivity index is 2.18. The van der Waals surface area contributed by atoms with E-state index in [2.05, 4.69) is 10.3 Å². The molecule has 1 heterocycles. The summed E-state index contributed by atoms with van der Waals surface area (Å²) >= 11 is 0. The van der Waals surface area contributed by atoms with Crippen LogP contribution in [-0.2, 0) is 10.0 Å². The number of para-hydroxylation sites is 1. The predicted molar refractivity (Wildman–Crippen MR) is 73.0 cm³/mol. The van der Waals surface area contributed by atoms with E-state index >= 15 is 0 Å². The number of nitrogens with one attached hydrogen (secondary N) is 1. The van der Waals surface area contributed by atoms with Gasteiger partial charge in [0.2, 0.25) is 0 Å². The molecule has 6 nitrogen and oxygen atoms in total. The summed E-state index contributed by atoms with van der Waals surface area (Å²) in [5.74, 6) is 0. The molecule has 0 spiro atoms. The molecule has 1 unspecified atom stereocenters. The van der Waals surface area contributed by atoms with Crippen molar-refractivity contribution in [2.24, 2.45) is 4.99 Å². The number of hydrogen-bond acceptors (Lipinski definition) is 5. The van der Waals surface area contributed by atoms with Gasteiger partial charge in [-0.15, -0.1) is 0 Å². The number of β-amino-alcohol motifs (C(OH)–C–C–N with tert-alkyl or cyclic N) is 1. The van der Waals surface area contributed by atoms with E-state index in [4.69, 9.17) is 0 Å². The van der Waals surface area contributed by atoms with Crippen LogP contribution in [0.25, 0.3) is 0 Å². The third-order valence-corrected chi connectivity index (χ3v) is 4.56. The Kier molecular flexibility index (Phi) is 4.18. The van der Waals surface area contributed by atoms with Gasteiger partial charge in [0, 0.05) is 6.54 Å². The lowest BCUT2D eigenvalue weighted by molar-refractivity contribution is 0.160. The van der Waals surface area contributed by atoms with Gasteiger partial charge in [0.05, 0.1) is 18.3 Å². The van der Waals surface area contributed by atoms with Crippen molar-refractivity contribution in [1.82, 2.24) is 9.62 Å². The molecule has 1 aliphatic heterocycles. The Morgan fingerprint density at radius 1 is 1.42 bits per heavy atom. The Bertz CT molecular complexity index is 571. The Hall–Kier alpha value is -1.44. The number of benzene rings is 1. The number of likely N-dealkylation sites (N-methyl/N-ethyl adjacent to an activating group) is 1. The van der Waals surface area contributed by atoms with E-state index in [1.807, 2.05) is 6.92 Å². The number of aliphatic hydroxyl groups excluding tert-OH is 1. The summed E-state index contributed by atoms with van der Waals surface area (Å²) < 4.78 is 25.7. The molecule has 0 bridgehead atoms. The van der Waals surface area contributed by atoms with Crippen LogP contribution >= 0.6 is 0 Å². The predicted octanol–water partition coefficient (Wildman–Crippen LogP) is 0.321. The fourth-order valence-electron chi connectivity index (χ4n) is 1.83. The molecule has 1 aromatic carbocycles. The summed E-state index contributed by atoms with van der Waals surface area (Å²) in [6.45, 7) is 2.98. The summed E-state index contributed by atoms with van der Waals surface area (Å²) in [6.07, 6.45) is 0.485. The first-order valence-electron chi connectivity index (χ1n) is 6.09. The first-order valence-corrected chi connectivity index (χ1v) is 7.53. The van der Waals surface area contributed by atoms with E-state index in [0.29, 0.717) is 12.2 Å². The monoisotopic (exact) mass is 283 g/mol. The van der Waals surface area contributed by atoms with Crippen LogP contribution < -0.4 is 5.32 Å². The molecule has 2 rings (SSSR count). The van der Waals surface area contributed by atoms with Gasteiger partial charge < -0.3 is 10.4 Å². The average Bonchev–Trinajstić information content (AvgIpc) is 2.40. The minimum Gasteiger partial charge on any atom is -0.390 e. The van der Waals surface area contributed by atoms with Crippen molar-refractivity contribution in [3.63, 3.8) is 0 Å². The Morgan fingerprint density at radius 3 is 2.89 bits per heavy atom. The third-order valence-electron chi connectivity index (χ3n) is 2.80. The zero-order valence-electron chi connectivity index (χ0n) is 10.7. The minimum absolute atomic E-state index is 0.00678. The minimum atomic E-state index is -3.61. The quantitative estimate of drug-likeness (QED) is 0.815. The maximum atomic E-state index is 12.3. The van der Waals surface area contributed by atoms with Crippen LogP contribution in [0.5, 0.6) is 0 Å². The van der Waals surface area contributed by atoms with Crippen LogP contribution in [0.2, 0.25) is 0 Å². The molecule has 2 N–H and O–H groups in total. The molecule has 0 aromatic heterocycles. The number of sulfonamides is 1. The lowest BCUT2D eigenvalue weighted by Gasteiger charge is -2.26. The second-order valence-corrected chi connectivity index (χ2v) is 6.11. The first kappa shape index (κ1) is 14.0. The highest BCUT2D eigenvalue weighted by Gasteiger charge is 2.29. The molecule has 0 radical (unpaired) electrons. The lowest BCUT2D eigenvalue weighted by Crippen LogP contribution is -2.41. The summed E-state index contributed by atoms with van der Waals surface area (Å²) in [6, 6.07) is 6.56. The number of nitrogens with zero attached hydrogens (tertiary/aromatic N) is 2. The Labute approximate surface area is 112 Å². The number of rotatable bonds is 5. The van der Waals surface area contributed by atoms with Gasteiger partial charge in [-0.3, -0.25) is 4.31 Å². The smallest absolute Gasteiger partial charge is 0.267 e. The summed E-state index contributed by atoms with van der Waals surface area (Å²) in [4.78, 5) is 4.27. The molecule has 0 fully saturated rings. The lowest BCUT2D eigenvalue weighted by atomic mass is 10.3. The van der Waals surface area contributed by atoms with Crippen LogP contribution in [0, 0.1) is 0 Å². The van der Waals surface area contributed by atoms with Crippen LogP contribution in [0.1, 0.15) is 6.92 Å². The molecule has 0 aliphatic carbocycles. The number of aliphatic hydroxyl groups is 1. The highest BCUT2D eigenvalue weighted by Crippen LogP contribution is 2.29. The molecule has 0 saturated carbocycles. The van der Waals surface area contributed by atoms with E-state index in [0.717, 1.165) is 10.8 Å². The van der Waals surface area contributed by atoms with Crippen molar-refractivity contribution in [3.05, 3.63) is 24.3 Å². The van der Waals surface area contributed by atoms with Crippen molar-refractivity contribution in [3.8, 4) is 0 Å². The van der Waals surface area contributed by atoms with Gasteiger partial charge in [-0.05, 0) is 18.7 Å². The highest BCUT2D eigenvalue weighted by molar-refractivity contribution is 7.89. The molecular weight excluding hydrogens is 266 g/mol. The van der Waals surface area contributed by atoms with Crippen molar-refractivity contribution < 1.29 is 13.5 Å². The van der Waals surface area contributed by atoms with E-state index in [9.17, 15) is 13.5 Å². The SMILES string of the molecule is CCNCC(O)CN1C=Nc2ccccc2S1(=O)=O. The normalized spacial score (nSPS) is 18.1. The fourth-order valence-corrected chi connectivity index (χ4v) is 3.25. The van der Waals surface area contributed by atoms with E-state index < -0.39 is 16.1 Å². The van der Waals surface area contributed by atoms with Gasteiger partial charge >= 0.3 is 0 Å². The zero-order chi connectivity index (χ0) is 13.9. The molecule has 1 aliphatic rings. The molecule has 0 saturated heterocycles. The van der Waals surface area contributed by atoms with Crippen LogP contribution in [0.3, 0.4) is 0 Å². The number of fused-ring (bicyclic) bond motifs is 1. The standard InChI is InChI=1S/C12H17N3O3S/c1-2-13-7-10(16)8-15-9-14-11-5-3-4-6-12(11)19(15,17)18/h3-6,9-10,13,16H,2,7-8H2,1H3. The Morgan fingerprint density at radius 2 is 2.16 bits per heavy atom. The van der Waals surface area contributed by atoms with Gasteiger partial charge in [0.25, 0.3) is 10.0 Å². The van der Waals surface area contributed by atoms with Crippen LogP contribution in [0.4, 0.5) is 5.69 Å². The maximum Gasteiger partial charge on any atom is 0.267 e. The molecule has 19 heavy (non-hydrogen) atoms. The molecule has 0 amide bonds. The zero-order valence-corrected chi connectivity index (χ0v) is 11.5. The summed E-state index contributed by atoms with van der Waals surface area (Å²) in [5.41, 5.74) is 0.430. The molecule has 1 aromatic rings. The fraction of sp³-hybridized carbons (Fsp3) is 0.417.